The molecule has 0 saturated carbocycles. The lowest BCUT2D eigenvalue weighted by atomic mass is 10.2. The maximum absolute atomic E-state index is 11.6. The Morgan fingerprint density at radius 3 is 2.58 bits per heavy atom. The van der Waals surface area contributed by atoms with Crippen LogP contribution in [0.25, 0.3) is 0 Å². The van der Waals surface area contributed by atoms with Crippen molar-refractivity contribution in [3.63, 3.8) is 0 Å². The van der Waals surface area contributed by atoms with Crippen LogP contribution in [0.2, 0.25) is 0 Å². The molecule has 0 aliphatic rings. The van der Waals surface area contributed by atoms with E-state index in [1.807, 2.05) is 0 Å². The molecule has 7 heteroatoms. The lowest BCUT2D eigenvalue weighted by molar-refractivity contribution is -0.116. The molecule has 0 bridgehead atoms. The molecule has 19 heavy (non-hydrogen) atoms. The standard InChI is InChI=1S/C12H17BrN2O3S/c1-2-3-4-5-12(16)15-11-7-6-9(8-10(11)13)19(14,17)18/h6-8H,2-5H2,1H3,(H,15,16)(H2,14,17,18). The summed E-state index contributed by atoms with van der Waals surface area (Å²) in [4.78, 5) is 11.6. The van der Waals surface area contributed by atoms with Gasteiger partial charge in [0.1, 0.15) is 0 Å². The maximum atomic E-state index is 11.6. The molecule has 0 atom stereocenters. The average molecular weight is 349 g/mol. The molecule has 0 aromatic heterocycles. The van der Waals surface area contributed by atoms with E-state index in [0.717, 1.165) is 19.3 Å². The highest BCUT2D eigenvalue weighted by molar-refractivity contribution is 9.10. The lowest BCUT2D eigenvalue weighted by Crippen LogP contribution is -2.14. The van der Waals surface area contributed by atoms with Gasteiger partial charge in [-0.3, -0.25) is 4.79 Å². The topological polar surface area (TPSA) is 89.3 Å². The first-order valence-electron chi connectivity index (χ1n) is 5.96. The number of primary sulfonamides is 1. The summed E-state index contributed by atoms with van der Waals surface area (Å²) in [6.07, 6.45) is 3.37. The van der Waals surface area contributed by atoms with Gasteiger partial charge in [0.05, 0.1) is 10.6 Å². The molecule has 0 aliphatic carbocycles. The SMILES string of the molecule is CCCCCC(=O)Nc1ccc(S(N)(=O)=O)cc1Br. The zero-order valence-electron chi connectivity index (χ0n) is 10.6. The molecule has 0 aliphatic heterocycles. The van der Waals surface area contributed by atoms with Gasteiger partial charge in [-0.2, -0.15) is 0 Å². The van der Waals surface area contributed by atoms with E-state index in [0.29, 0.717) is 16.6 Å². The summed E-state index contributed by atoms with van der Waals surface area (Å²) < 4.78 is 22.8. The first-order valence-corrected chi connectivity index (χ1v) is 8.30. The van der Waals surface area contributed by atoms with Gasteiger partial charge in [0.15, 0.2) is 0 Å². The van der Waals surface area contributed by atoms with Crippen molar-refractivity contribution in [2.24, 2.45) is 5.14 Å². The molecule has 1 aromatic rings. The van der Waals surface area contributed by atoms with E-state index >= 15 is 0 Å². The number of unbranched alkanes of at least 4 members (excludes halogenated alkanes) is 2. The number of carbonyl (C=O) groups excluding carboxylic acids is 1. The lowest BCUT2D eigenvalue weighted by Gasteiger charge is -2.08. The highest BCUT2D eigenvalue weighted by Crippen LogP contribution is 2.25. The van der Waals surface area contributed by atoms with Crippen LogP contribution < -0.4 is 10.5 Å². The minimum atomic E-state index is -3.73. The number of halogens is 1. The molecule has 106 valence electrons. The summed E-state index contributed by atoms with van der Waals surface area (Å²) in [7, 11) is -3.73. The third-order valence-electron chi connectivity index (χ3n) is 2.55. The molecule has 1 rings (SSSR count). The molecular formula is C12H17BrN2O3S. The highest BCUT2D eigenvalue weighted by atomic mass is 79.9. The first kappa shape index (κ1) is 16.1. The quantitative estimate of drug-likeness (QED) is 0.774. The summed E-state index contributed by atoms with van der Waals surface area (Å²) in [6, 6.07) is 4.25. The fourth-order valence-electron chi connectivity index (χ4n) is 1.52. The Bertz CT molecular complexity index is 558. The summed E-state index contributed by atoms with van der Waals surface area (Å²) in [5.74, 6) is -0.0856. The Kier molecular flexibility index (Phi) is 5.96. The Morgan fingerprint density at radius 1 is 1.37 bits per heavy atom. The number of amides is 1. The fourth-order valence-corrected chi connectivity index (χ4v) is 2.69. The van der Waals surface area contributed by atoms with Crippen LogP contribution in [0, 0.1) is 0 Å². The number of sulfonamides is 1. The minimum Gasteiger partial charge on any atom is -0.325 e. The molecule has 0 saturated heterocycles. The van der Waals surface area contributed by atoms with Crippen molar-refractivity contribution in [1.82, 2.24) is 0 Å². The molecule has 1 amide bonds. The van der Waals surface area contributed by atoms with E-state index < -0.39 is 10.0 Å². The van der Waals surface area contributed by atoms with Gasteiger partial charge in [-0.25, -0.2) is 13.6 Å². The van der Waals surface area contributed by atoms with Gasteiger partial charge in [0.25, 0.3) is 0 Å². The second-order valence-electron chi connectivity index (χ2n) is 4.19. The first-order chi connectivity index (χ1) is 8.84. The monoisotopic (exact) mass is 348 g/mol. The van der Waals surface area contributed by atoms with Gasteiger partial charge in [-0.05, 0) is 40.5 Å². The van der Waals surface area contributed by atoms with Crippen LogP contribution in [0.5, 0.6) is 0 Å². The number of rotatable bonds is 6. The van der Waals surface area contributed by atoms with Crippen molar-refractivity contribution in [2.45, 2.75) is 37.5 Å². The van der Waals surface area contributed by atoms with Crippen LogP contribution in [0.3, 0.4) is 0 Å². The van der Waals surface area contributed by atoms with Gasteiger partial charge < -0.3 is 5.32 Å². The van der Waals surface area contributed by atoms with Gasteiger partial charge in [-0.1, -0.05) is 19.8 Å². The van der Waals surface area contributed by atoms with E-state index in [1.165, 1.54) is 18.2 Å². The zero-order valence-corrected chi connectivity index (χ0v) is 13.1. The summed E-state index contributed by atoms with van der Waals surface area (Å²) in [5.41, 5.74) is 0.536. The largest absolute Gasteiger partial charge is 0.325 e. The number of benzene rings is 1. The van der Waals surface area contributed by atoms with Crippen LogP contribution in [-0.2, 0) is 14.8 Å². The predicted molar refractivity (Wildman–Crippen MR) is 78.3 cm³/mol. The molecule has 5 nitrogen and oxygen atoms in total. The normalized spacial score (nSPS) is 11.3. The van der Waals surface area contributed by atoms with Crippen molar-refractivity contribution in [3.8, 4) is 0 Å². The van der Waals surface area contributed by atoms with Gasteiger partial charge in [-0.15, -0.1) is 0 Å². The van der Waals surface area contributed by atoms with Gasteiger partial charge in [0, 0.05) is 10.9 Å². The number of hydrogen-bond acceptors (Lipinski definition) is 3. The Labute approximate surface area is 121 Å². The Balaban J connectivity index is 2.73. The maximum Gasteiger partial charge on any atom is 0.238 e. The Hall–Kier alpha value is -0.920. The number of anilines is 1. The van der Waals surface area contributed by atoms with Gasteiger partial charge in [0.2, 0.25) is 15.9 Å². The molecular weight excluding hydrogens is 332 g/mol. The van der Waals surface area contributed by atoms with Gasteiger partial charge >= 0.3 is 0 Å². The van der Waals surface area contributed by atoms with E-state index in [2.05, 4.69) is 28.2 Å². The average Bonchev–Trinajstić information content (AvgIpc) is 2.31. The number of hydrogen-bond donors (Lipinski definition) is 2. The van der Waals surface area contributed by atoms with Crippen molar-refractivity contribution in [2.75, 3.05) is 5.32 Å². The number of nitrogens with one attached hydrogen (secondary N) is 1. The summed E-state index contributed by atoms with van der Waals surface area (Å²) in [5, 5.41) is 7.75. The van der Waals surface area contributed by atoms with Crippen molar-refractivity contribution >= 4 is 37.5 Å². The number of carbonyl (C=O) groups is 1. The zero-order chi connectivity index (χ0) is 14.5. The molecule has 3 N–H and O–H groups in total. The van der Waals surface area contributed by atoms with Crippen LogP contribution in [0.1, 0.15) is 32.6 Å². The molecule has 1 aromatic carbocycles. The van der Waals surface area contributed by atoms with Crippen LogP contribution in [-0.4, -0.2) is 14.3 Å². The summed E-state index contributed by atoms with van der Waals surface area (Å²) in [6.45, 7) is 2.07. The second-order valence-corrected chi connectivity index (χ2v) is 6.61. The highest BCUT2D eigenvalue weighted by Gasteiger charge is 2.11. The van der Waals surface area contributed by atoms with Crippen molar-refractivity contribution < 1.29 is 13.2 Å². The fraction of sp³-hybridized carbons (Fsp3) is 0.417. The molecule has 0 radical (unpaired) electrons. The van der Waals surface area contributed by atoms with E-state index in [4.69, 9.17) is 5.14 Å². The molecule has 0 spiro atoms. The predicted octanol–water partition coefficient (Wildman–Crippen LogP) is 2.62. The summed E-state index contributed by atoms with van der Waals surface area (Å²) >= 11 is 3.22. The van der Waals surface area contributed by atoms with E-state index in [9.17, 15) is 13.2 Å². The minimum absolute atomic E-state index is 0.00311. The molecule has 0 fully saturated rings. The number of nitrogens with two attached hydrogens (primary N) is 1. The molecule has 0 unspecified atom stereocenters. The van der Waals surface area contributed by atoms with Crippen LogP contribution in [0.15, 0.2) is 27.6 Å². The smallest absolute Gasteiger partial charge is 0.238 e. The van der Waals surface area contributed by atoms with Crippen molar-refractivity contribution in [1.29, 1.82) is 0 Å². The molecule has 0 heterocycles. The third-order valence-corrected chi connectivity index (χ3v) is 4.12. The van der Waals surface area contributed by atoms with E-state index in [1.54, 1.807) is 0 Å². The Morgan fingerprint density at radius 2 is 2.05 bits per heavy atom. The van der Waals surface area contributed by atoms with Crippen LogP contribution in [0.4, 0.5) is 5.69 Å². The second kappa shape index (κ2) is 7.02. The van der Waals surface area contributed by atoms with E-state index in [-0.39, 0.29) is 10.8 Å². The van der Waals surface area contributed by atoms with Crippen LogP contribution >= 0.6 is 15.9 Å². The van der Waals surface area contributed by atoms with Crippen molar-refractivity contribution in [3.05, 3.63) is 22.7 Å². The third kappa shape index (κ3) is 5.30.